The standard InChI is InChI=1S/C26H28N2O3S/c1-3-4-5-20-8-12-23(13-9-20)27-32(30,31)24-14-15-25-22(18-24)16-17-28(25)26(29)21-10-6-19(2)7-11-21/h6-15,18,27H,3-5,16-17H2,1-2H3. The molecule has 1 heterocycles. The normalized spacial score (nSPS) is 13.1. The van der Waals surface area contributed by atoms with Crippen LogP contribution in [0.2, 0.25) is 0 Å². The predicted molar refractivity (Wildman–Crippen MR) is 129 cm³/mol. The Bertz CT molecular complexity index is 1220. The Balaban J connectivity index is 1.51. The summed E-state index contributed by atoms with van der Waals surface area (Å²) >= 11 is 0. The molecule has 1 amide bonds. The second-order valence-electron chi connectivity index (χ2n) is 8.27. The molecule has 0 saturated heterocycles. The number of hydrogen-bond acceptors (Lipinski definition) is 3. The maximum atomic E-state index is 12.9. The monoisotopic (exact) mass is 448 g/mol. The van der Waals surface area contributed by atoms with E-state index in [0.717, 1.165) is 36.1 Å². The van der Waals surface area contributed by atoms with E-state index in [1.54, 1.807) is 35.2 Å². The molecule has 4 rings (SSSR count). The molecule has 0 aliphatic carbocycles. The highest BCUT2D eigenvalue weighted by Crippen LogP contribution is 2.32. The van der Waals surface area contributed by atoms with Crippen LogP contribution in [0, 0.1) is 6.92 Å². The van der Waals surface area contributed by atoms with Crippen LogP contribution in [-0.4, -0.2) is 20.9 Å². The van der Waals surface area contributed by atoms with Crippen LogP contribution >= 0.6 is 0 Å². The minimum atomic E-state index is -3.71. The maximum Gasteiger partial charge on any atom is 0.261 e. The molecule has 0 radical (unpaired) electrons. The number of nitrogens with zero attached hydrogens (tertiary/aromatic N) is 1. The summed E-state index contributed by atoms with van der Waals surface area (Å²) in [6, 6.07) is 20.0. The van der Waals surface area contributed by atoms with Crippen molar-refractivity contribution in [2.45, 2.75) is 44.4 Å². The molecule has 0 atom stereocenters. The molecule has 1 aliphatic heterocycles. The van der Waals surface area contributed by atoms with Crippen molar-refractivity contribution >= 4 is 27.3 Å². The summed E-state index contributed by atoms with van der Waals surface area (Å²) in [6.45, 7) is 4.67. The van der Waals surface area contributed by atoms with Gasteiger partial charge < -0.3 is 4.90 Å². The summed E-state index contributed by atoms with van der Waals surface area (Å²) in [6.07, 6.45) is 3.86. The lowest BCUT2D eigenvalue weighted by Gasteiger charge is -2.18. The number of carbonyl (C=O) groups excluding carboxylic acids is 1. The molecule has 0 saturated carbocycles. The number of amides is 1. The molecule has 1 N–H and O–H groups in total. The van der Waals surface area contributed by atoms with Crippen molar-refractivity contribution in [2.75, 3.05) is 16.2 Å². The Morgan fingerprint density at radius 3 is 2.41 bits per heavy atom. The molecule has 6 heteroatoms. The minimum absolute atomic E-state index is 0.0688. The molecule has 0 fully saturated rings. The zero-order chi connectivity index (χ0) is 22.7. The second-order valence-corrected chi connectivity index (χ2v) is 9.95. The molecule has 32 heavy (non-hydrogen) atoms. The van der Waals surface area contributed by atoms with Gasteiger partial charge in [-0.2, -0.15) is 0 Å². The fraction of sp³-hybridized carbons (Fsp3) is 0.269. The summed E-state index contributed by atoms with van der Waals surface area (Å²) < 4.78 is 28.5. The van der Waals surface area contributed by atoms with Crippen molar-refractivity contribution in [1.29, 1.82) is 0 Å². The van der Waals surface area contributed by atoms with E-state index in [2.05, 4.69) is 11.6 Å². The van der Waals surface area contributed by atoms with E-state index in [1.165, 1.54) is 5.56 Å². The molecule has 166 valence electrons. The SMILES string of the molecule is CCCCc1ccc(NS(=O)(=O)c2ccc3c(c2)CCN3C(=O)c2ccc(C)cc2)cc1. The molecule has 0 aromatic heterocycles. The number of aryl methyl sites for hydroxylation is 2. The molecular weight excluding hydrogens is 420 g/mol. The summed E-state index contributed by atoms with van der Waals surface area (Å²) in [5.41, 5.74) is 5.11. The number of fused-ring (bicyclic) bond motifs is 1. The van der Waals surface area contributed by atoms with Crippen molar-refractivity contribution in [3.8, 4) is 0 Å². The second kappa shape index (κ2) is 9.17. The molecule has 3 aromatic rings. The van der Waals surface area contributed by atoms with Gasteiger partial charge in [0.15, 0.2) is 0 Å². The van der Waals surface area contributed by atoms with Gasteiger partial charge in [0, 0.05) is 23.5 Å². The Kier molecular flexibility index (Phi) is 6.33. The lowest BCUT2D eigenvalue weighted by molar-refractivity contribution is 0.0989. The molecule has 0 bridgehead atoms. The number of anilines is 2. The van der Waals surface area contributed by atoms with Gasteiger partial charge in [0.1, 0.15) is 0 Å². The molecule has 3 aromatic carbocycles. The third kappa shape index (κ3) is 4.70. The first-order valence-corrected chi connectivity index (χ1v) is 12.5. The van der Waals surface area contributed by atoms with Crippen molar-refractivity contribution in [1.82, 2.24) is 0 Å². The van der Waals surface area contributed by atoms with E-state index in [0.29, 0.717) is 24.2 Å². The van der Waals surface area contributed by atoms with E-state index in [4.69, 9.17) is 0 Å². The number of benzene rings is 3. The van der Waals surface area contributed by atoms with Crippen LogP contribution in [0.4, 0.5) is 11.4 Å². The van der Waals surface area contributed by atoms with Gasteiger partial charge in [-0.3, -0.25) is 9.52 Å². The highest BCUT2D eigenvalue weighted by molar-refractivity contribution is 7.92. The largest absolute Gasteiger partial charge is 0.308 e. The van der Waals surface area contributed by atoms with Crippen LogP contribution in [0.5, 0.6) is 0 Å². The zero-order valence-corrected chi connectivity index (χ0v) is 19.3. The first-order valence-electron chi connectivity index (χ1n) is 11.0. The lowest BCUT2D eigenvalue weighted by atomic mass is 10.1. The van der Waals surface area contributed by atoms with E-state index in [-0.39, 0.29) is 10.8 Å². The molecule has 0 unspecified atom stereocenters. The summed E-state index contributed by atoms with van der Waals surface area (Å²) in [4.78, 5) is 14.9. The Morgan fingerprint density at radius 1 is 1.00 bits per heavy atom. The number of sulfonamides is 1. The quantitative estimate of drug-likeness (QED) is 0.530. The van der Waals surface area contributed by atoms with Crippen LogP contribution in [0.1, 0.15) is 46.8 Å². The van der Waals surface area contributed by atoms with Crippen molar-refractivity contribution < 1.29 is 13.2 Å². The average molecular weight is 449 g/mol. The Hall–Kier alpha value is -3.12. The molecular formula is C26H28N2O3S. The van der Waals surface area contributed by atoms with Crippen LogP contribution < -0.4 is 9.62 Å². The zero-order valence-electron chi connectivity index (χ0n) is 18.5. The van der Waals surface area contributed by atoms with Crippen molar-refractivity contribution in [2.24, 2.45) is 0 Å². The van der Waals surface area contributed by atoms with Crippen LogP contribution in [0.25, 0.3) is 0 Å². The highest BCUT2D eigenvalue weighted by Gasteiger charge is 2.27. The van der Waals surface area contributed by atoms with E-state index in [9.17, 15) is 13.2 Å². The minimum Gasteiger partial charge on any atom is -0.308 e. The van der Waals surface area contributed by atoms with Gasteiger partial charge in [0.05, 0.1) is 4.90 Å². The summed E-state index contributed by atoms with van der Waals surface area (Å²) in [5, 5.41) is 0. The summed E-state index contributed by atoms with van der Waals surface area (Å²) in [5.74, 6) is -0.0688. The van der Waals surface area contributed by atoms with Crippen molar-refractivity contribution in [3.05, 3.63) is 89.0 Å². The predicted octanol–water partition coefficient (Wildman–Crippen LogP) is 5.34. The smallest absolute Gasteiger partial charge is 0.261 e. The average Bonchev–Trinajstić information content (AvgIpc) is 3.22. The molecule has 1 aliphatic rings. The van der Waals surface area contributed by atoms with Crippen LogP contribution in [0.3, 0.4) is 0 Å². The van der Waals surface area contributed by atoms with Crippen LogP contribution in [0.15, 0.2) is 71.6 Å². The van der Waals surface area contributed by atoms with Crippen LogP contribution in [-0.2, 0) is 22.9 Å². The van der Waals surface area contributed by atoms with E-state index < -0.39 is 10.0 Å². The molecule has 0 spiro atoms. The third-order valence-electron chi connectivity index (χ3n) is 5.83. The maximum absolute atomic E-state index is 12.9. The fourth-order valence-corrected chi connectivity index (χ4v) is 5.05. The van der Waals surface area contributed by atoms with E-state index >= 15 is 0 Å². The van der Waals surface area contributed by atoms with Gasteiger partial charge in [-0.15, -0.1) is 0 Å². The third-order valence-corrected chi connectivity index (χ3v) is 7.20. The number of hydrogen-bond donors (Lipinski definition) is 1. The number of rotatable bonds is 7. The number of unbranched alkanes of at least 4 members (excludes halogenated alkanes) is 1. The van der Waals surface area contributed by atoms with Gasteiger partial charge in [-0.05, 0) is 79.8 Å². The Morgan fingerprint density at radius 2 is 1.72 bits per heavy atom. The van der Waals surface area contributed by atoms with Gasteiger partial charge in [0.2, 0.25) is 0 Å². The first kappa shape index (κ1) is 22.1. The van der Waals surface area contributed by atoms with Gasteiger partial charge in [0.25, 0.3) is 15.9 Å². The topological polar surface area (TPSA) is 66.5 Å². The first-order chi connectivity index (χ1) is 15.4. The Labute approximate surface area is 190 Å². The van der Waals surface area contributed by atoms with Gasteiger partial charge >= 0.3 is 0 Å². The van der Waals surface area contributed by atoms with E-state index in [1.807, 2.05) is 43.3 Å². The van der Waals surface area contributed by atoms with Gasteiger partial charge in [-0.25, -0.2) is 8.42 Å². The summed E-state index contributed by atoms with van der Waals surface area (Å²) in [7, 11) is -3.71. The lowest BCUT2D eigenvalue weighted by Crippen LogP contribution is -2.28. The highest BCUT2D eigenvalue weighted by atomic mass is 32.2. The molecule has 5 nitrogen and oxygen atoms in total. The van der Waals surface area contributed by atoms with Crippen molar-refractivity contribution in [3.63, 3.8) is 0 Å². The van der Waals surface area contributed by atoms with Gasteiger partial charge in [-0.1, -0.05) is 43.2 Å². The number of nitrogens with one attached hydrogen (secondary N) is 1. The number of carbonyl (C=O) groups is 1. The fourth-order valence-electron chi connectivity index (χ4n) is 3.94.